The quantitative estimate of drug-likeness (QED) is 0.729. The molecular formula is C17H17F3N8. The summed E-state index contributed by atoms with van der Waals surface area (Å²) < 4.78 is 39.6. The monoisotopic (exact) mass is 390 g/mol. The second kappa shape index (κ2) is 6.28. The third kappa shape index (κ3) is 3.00. The molecule has 0 aromatic carbocycles. The van der Waals surface area contributed by atoms with Crippen LogP contribution in [-0.2, 0) is 19.0 Å². The van der Waals surface area contributed by atoms with E-state index < -0.39 is 12.0 Å². The van der Waals surface area contributed by atoms with Gasteiger partial charge in [-0.3, -0.25) is 0 Å². The van der Waals surface area contributed by atoms with Crippen molar-refractivity contribution in [2.75, 3.05) is 29.9 Å². The van der Waals surface area contributed by atoms with E-state index >= 15 is 0 Å². The van der Waals surface area contributed by atoms with Gasteiger partial charge in [0, 0.05) is 25.6 Å². The Morgan fingerprint density at radius 2 is 1.93 bits per heavy atom. The molecular weight excluding hydrogens is 373 g/mol. The van der Waals surface area contributed by atoms with Crippen LogP contribution in [0.1, 0.15) is 23.5 Å². The predicted octanol–water partition coefficient (Wildman–Crippen LogP) is 1.97. The van der Waals surface area contributed by atoms with Gasteiger partial charge in [0.1, 0.15) is 5.82 Å². The highest BCUT2D eigenvalue weighted by molar-refractivity contribution is 5.47. The first-order chi connectivity index (χ1) is 13.5. The number of halogens is 3. The number of nitrogens with one attached hydrogen (secondary N) is 1. The van der Waals surface area contributed by atoms with E-state index in [1.807, 2.05) is 0 Å². The standard InChI is InChI=1S/C17H17F3N8/c18-17(19,20)16-25-23-14-5-4-13(26-28(14)16)21-7-10-8-27(9-10)15-6-11-2-1-3-12(11)22-24-15/h4-6,10H,1-3,7-9H2,(H,21,26). The van der Waals surface area contributed by atoms with Crippen LogP contribution in [0.3, 0.4) is 0 Å². The van der Waals surface area contributed by atoms with Crippen LogP contribution in [0.15, 0.2) is 18.2 Å². The Morgan fingerprint density at radius 1 is 1.07 bits per heavy atom. The molecule has 0 amide bonds. The van der Waals surface area contributed by atoms with Crippen molar-refractivity contribution in [2.24, 2.45) is 5.92 Å². The topological polar surface area (TPSA) is 84.1 Å². The number of hydrogen-bond donors (Lipinski definition) is 1. The van der Waals surface area contributed by atoms with E-state index in [0.29, 0.717) is 18.3 Å². The summed E-state index contributed by atoms with van der Waals surface area (Å²) in [6.07, 6.45) is -1.39. The van der Waals surface area contributed by atoms with Crippen molar-refractivity contribution in [1.29, 1.82) is 0 Å². The maximum absolute atomic E-state index is 12.9. The fourth-order valence-electron chi connectivity index (χ4n) is 3.67. The molecule has 4 heterocycles. The number of anilines is 2. The lowest BCUT2D eigenvalue weighted by Crippen LogP contribution is -2.50. The van der Waals surface area contributed by atoms with Gasteiger partial charge in [0.2, 0.25) is 0 Å². The second-order valence-electron chi connectivity index (χ2n) is 7.19. The summed E-state index contributed by atoms with van der Waals surface area (Å²) in [6.45, 7) is 2.25. The molecule has 11 heteroatoms. The molecule has 8 nitrogen and oxygen atoms in total. The Balaban J connectivity index is 1.21. The smallest absolute Gasteiger partial charge is 0.368 e. The average Bonchev–Trinajstić information content (AvgIpc) is 3.25. The fraction of sp³-hybridized carbons (Fsp3) is 0.471. The summed E-state index contributed by atoms with van der Waals surface area (Å²) >= 11 is 0. The van der Waals surface area contributed by atoms with Gasteiger partial charge >= 0.3 is 6.18 Å². The van der Waals surface area contributed by atoms with Gasteiger partial charge in [-0.25, -0.2) is 0 Å². The van der Waals surface area contributed by atoms with Gasteiger partial charge in [0.25, 0.3) is 5.82 Å². The van der Waals surface area contributed by atoms with E-state index in [0.717, 1.165) is 48.4 Å². The second-order valence-corrected chi connectivity index (χ2v) is 7.19. The summed E-state index contributed by atoms with van der Waals surface area (Å²) in [5, 5.41) is 22.4. The molecule has 1 aliphatic heterocycles. The lowest BCUT2D eigenvalue weighted by molar-refractivity contribution is -0.146. The molecule has 0 atom stereocenters. The third-order valence-corrected chi connectivity index (χ3v) is 5.18. The zero-order chi connectivity index (χ0) is 19.3. The van der Waals surface area contributed by atoms with Crippen molar-refractivity contribution in [3.8, 4) is 0 Å². The Labute approximate surface area is 157 Å². The Hall–Kier alpha value is -2.98. The van der Waals surface area contributed by atoms with Crippen molar-refractivity contribution >= 4 is 17.3 Å². The largest absolute Gasteiger partial charge is 0.453 e. The highest BCUT2D eigenvalue weighted by Gasteiger charge is 2.37. The molecule has 146 valence electrons. The maximum Gasteiger partial charge on any atom is 0.453 e. The zero-order valence-electron chi connectivity index (χ0n) is 14.8. The molecule has 0 saturated carbocycles. The van der Waals surface area contributed by atoms with Gasteiger partial charge in [-0.1, -0.05) is 0 Å². The van der Waals surface area contributed by atoms with E-state index in [1.165, 1.54) is 11.6 Å². The summed E-state index contributed by atoms with van der Waals surface area (Å²) in [5.74, 6) is 0.482. The van der Waals surface area contributed by atoms with E-state index in [1.54, 1.807) is 6.07 Å². The van der Waals surface area contributed by atoms with E-state index in [2.05, 4.69) is 41.8 Å². The van der Waals surface area contributed by atoms with Crippen molar-refractivity contribution in [1.82, 2.24) is 30.0 Å². The first-order valence-electron chi connectivity index (χ1n) is 9.11. The van der Waals surface area contributed by atoms with Gasteiger partial charge in [-0.15, -0.1) is 20.4 Å². The molecule has 1 N–H and O–H groups in total. The third-order valence-electron chi connectivity index (χ3n) is 5.18. The van der Waals surface area contributed by atoms with Crippen LogP contribution < -0.4 is 10.2 Å². The normalized spacial score (nSPS) is 17.0. The fourth-order valence-corrected chi connectivity index (χ4v) is 3.67. The Kier molecular flexibility index (Phi) is 3.84. The Bertz CT molecular complexity index is 1020. The van der Waals surface area contributed by atoms with Crippen molar-refractivity contribution in [3.63, 3.8) is 0 Å². The molecule has 1 saturated heterocycles. The van der Waals surface area contributed by atoms with Crippen LogP contribution in [-0.4, -0.2) is 49.6 Å². The van der Waals surface area contributed by atoms with Gasteiger partial charge in [0.05, 0.1) is 5.69 Å². The summed E-state index contributed by atoms with van der Waals surface area (Å²) in [7, 11) is 0. The van der Waals surface area contributed by atoms with Gasteiger partial charge < -0.3 is 10.2 Å². The van der Waals surface area contributed by atoms with Gasteiger partial charge in [0.15, 0.2) is 11.5 Å². The lowest BCUT2D eigenvalue weighted by atomic mass is 10.00. The molecule has 1 fully saturated rings. The molecule has 2 aliphatic rings. The summed E-state index contributed by atoms with van der Waals surface area (Å²) in [6, 6.07) is 5.19. The van der Waals surface area contributed by atoms with Crippen molar-refractivity contribution in [3.05, 3.63) is 35.3 Å². The number of alkyl halides is 3. The highest BCUT2D eigenvalue weighted by Crippen LogP contribution is 2.29. The van der Waals surface area contributed by atoms with E-state index in [-0.39, 0.29) is 5.65 Å². The molecule has 5 rings (SSSR count). The van der Waals surface area contributed by atoms with E-state index in [4.69, 9.17) is 0 Å². The minimum absolute atomic E-state index is 0.0582. The van der Waals surface area contributed by atoms with E-state index in [9.17, 15) is 13.2 Å². The van der Waals surface area contributed by atoms with Crippen LogP contribution in [0.25, 0.3) is 5.65 Å². The lowest BCUT2D eigenvalue weighted by Gasteiger charge is -2.40. The number of hydrogen-bond acceptors (Lipinski definition) is 7. The number of aryl methyl sites for hydroxylation is 2. The first-order valence-corrected chi connectivity index (χ1v) is 9.11. The molecule has 0 spiro atoms. The van der Waals surface area contributed by atoms with Crippen molar-refractivity contribution < 1.29 is 13.2 Å². The van der Waals surface area contributed by atoms with Crippen LogP contribution in [0.4, 0.5) is 24.8 Å². The maximum atomic E-state index is 12.9. The number of aromatic nitrogens is 6. The molecule has 3 aromatic heterocycles. The number of fused-ring (bicyclic) bond motifs is 2. The predicted molar refractivity (Wildman–Crippen MR) is 94.0 cm³/mol. The number of nitrogens with zero attached hydrogens (tertiary/aromatic N) is 7. The van der Waals surface area contributed by atoms with Crippen LogP contribution in [0.5, 0.6) is 0 Å². The molecule has 3 aromatic rings. The molecule has 0 bridgehead atoms. The average molecular weight is 390 g/mol. The summed E-state index contributed by atoms with van der Waals surface area (Å²) in [5.41, 5.74) is 2.46. The minimum atomic E-state index is -4.60. The van der Waals surface area contributed by atoms with Gasteiger partial charge in [-0.2, -0.15) is 22.8 Å². The Morgan fingerprint density at radius 3 is 2.75 bits per heavy atom. The molecule has 1 aliphatic carbocycles. The van der Waals surface area contributed by atoms with Crippen LogP contribution >= 0.6 is 0 Å². The zero-order valence-corrected chi connectivity index (χ0v) is 14.8. The SMILES string of the molecule is FC(F)(F)c1nnc2ccc(NCC3CN(c4cc5c(nn4)CCC5)C3)nn12. The van der Waals surface area contributed by atoms with Crippen LogP contribution in [0.2, 0.25) is 0 Å². The molecule has 0 unspecified atom stereocenters. The minimum Gasteiger partial charge on any atom is -0.368 e. The van der Waals surface area contributed by atoms with Gasteiger partial charge in [-0.05, 0) is 43.0 Å². The number of rotatable bonds is 4. The highest BCUT2D eigenvalue weighted by atomic mass is 19.4. The van der Waals surface area contributed by atoms with Crippen LogP contribution in [0, 0.1) is 5.92 Å². The molecule has 28 heavy (non-hydrogen) atoms. The summed E-state index contributed by atoms with van der Waals surface area (Å²) in [4.78, 5) is 2.16. The van der Waals surface area contributed by atoms with Crippen molar-refractivity contribution in [2.45, 2.75) is 25.4 Å². The first kappa shape index (κ1) is 17.1. The molecule has 0 radical (unpaired) electrons.